The van der Waals surface area contributed by atoms with Crippen LogP contribution in [0.3, 0.4) is 0 Å². The molecule has 1 heterocycles. The molecule has 1 N–H and O–H groups in total. The Morgan fingerprint density at radius 3 is 2.38 bits per heavy atom. The molecule has 1 saturated heterocycles. The van der Waals surface area contributed by atoms with Crippen molar-refractivity contribution in [2.24, 2.45) is 0 Å². The number of nitrogens with one attached hydrogen (secondary N) is 1. The summed E-state index contributed by atoms with van der Waals surface area (Å²) in [5, 5.41) is 2.54. The summed E-state index contributed by atoms with van der Waals surface area (Å²) in [7, 11) is -3.68. The van der Waals surface area contributed by atoms with E-state index in [0.29, 0.717) is 18.7 Å². The predicted molar refractivity (Wildman–Crippen MR) is 102 cm³/mol. The van der Waals surface area contributed by atoms with Gasteiger partial charge in [-0.1, -0.05) is 24.6 Å². The lowest BCUT2D eigenvalue weighted by molar-refractivity contribution is -0.137. The Balaban J connectivity index is 1.71. The molecule has 1 aliphatic rings. The highest BCUT2D eigenvalue weighted by atomic mass is 32.2. The van der Waals surface area contributed by atoms with Crippen molar-refractivity contribution in [2.45, 2.75) is 36.9 Å². The maximum atomic E-state index is 12.8. The quantitative estimate of drug-likeness (QED) is 0.791. The normalized spacial score (nSPS) is 15.8. The fourth-order valence-corrected chi connectivity index (χ4v) is 4.76. The third-order valence-electron chi connectivity index (χ3n) is 4.76. The van der Waals surface area contributed by atoms with Crippen LogP contribution in [0.1, 0.15) is 40.7 Å². The van der Waals surface area contributed by atoms with Gasteiger partial charge in [0.25, 0.3) is 5.91 Å². The molecule has 1 fully saturated rings. The zero-order valence-corrected chi connectivity index (χ0v) is 16.4. The third-order valence-corrected chi connectivity index (χ3v) is 6.65. The molecule has 0 unspecified atom stereocenters. The molecule has 0 atom stereocenters. The Morgan fingerprint density at radius 1 is 1.00 bits per heavy atom. The molecule has 0 aromatic heterocycles. The third kappa shape index (κ3) is 5.16. The van der Waals surface area contributed by atoms with Crippen LogP contribution >= 0.6 is 0 Å². The summed E-state index contributed by atoms with van der Waals surface area (Å²) in [6, 6.07) is 10.4. The molecule has 29 heavy (non-hydrogen) atoms. The van der Waals surface area contributed by atoms with Gasteiger partial charge in [-0.3, -0.25) is 4.79 Å². The van der Waals surface area contributed by atoms with Gasteiger partial charge in [0.1, 0.15) is 0 Å². The lowest BCUT2D eigenvalue weighted by atomic mass is 10.1. The van der Waals surface area contributed by atoms with Crippen molar-refractivity contribution in [1.82, 2.24) is 9.62 Å². The second-order valence-electron chi connectivity index (χ2n) is 6.87. The highest BCUT2D eigenvalue weighted by Gasteiger charge is 2.30. The molecule has 0 saturated carbocycles. The summed E-state index contributed by atoms with van der Waals surface area (Å²) in [5.41, 5.74) is -0.362. The predicted octanol–water partition coefficient (Wildman–Crippen LogP) is 3.81. The summed E-state index contributed by atoms with van der Waals surface area (Å²) >= 11 is 0. The molecule has 0 aliphatic carbocycles. The van der Waals surface area contributed by atoms with Gasteiger partial charge in [-0.25, -0.2) is 8.42 Å². The number of carbonyl (C=O) groups is 1. The van der Waals surface area contributed by atoms with Crippen LogP contribution in [-0.4, -0.2) is 31.7 Å². The number of sulfonamides is 1. The van der Waals surface area contributed by atoms with E-state index >= 15 is 0 Å². The number of alkyl halides is 3. The second kappa shape index (κ2) is 8.54. The fourth-order valence-electron chi connectivity index (χ4n) is 3.19. The maximum absolute atomic E-state index is 12.8. The van der Waals surface area contributed by atoms with E-state index in [0.717, 1.165) is 31.4 Å². The molecule has 5 nitrogen and oxygen atoms in total. The second-order valence-corrected chi connectivity index (χ2v) is 8.81. The molecule has 0 radical (unpaired) electrons. The van der Waals surface area contributed by atoms with Gasteiger partial charge < -0.3 is 5.32 Å². The summed E-state index contributed by atoms with van der Waals surface area (Å²) in [6.07, 6.45) is -1.87. The van der Waals surface area contributed by atoms with Crippen molar-refractivity contribution in [3.8, 4) is 0 Å². The van der Waals surface area contributed by atoms with Gasteiger partial charge in [0.2, 0.25) is 10.0 Å². The van der Waals surface area contributed by atoms with E-state index in [1.165, 1.54) is 40.7 Å². The van der Waals surface area contributed by atoms with Crippen molar-refractivity contribution in [2.75, 3.05) is 13.1 Å². The van der Waals surface area contributed by atoms with Crippen LogP contribution in [0.5, 0.6) is 0 Å². The van der Waals surface area contributed by atoms with E-state index in [1.54, 1.807) is 0 Å². The molecule has 0 bridgehead atoms. The first kappa shape index (κ1) is 21.3. The fraction of sp³-hybridized carbons (Fsp3) is 0.350. The van der Waals surface area contributed by atoms with E-state index in [1.807, 2.05) is 0 Å². The first-order valence-electron chi connectivity index (χ1n) is 9.22. The Morgan fingerprint density at radius 2 is 1.69 bits per heavy atom. The van der Waals surface area contributed by atoms with Crippen molar-refractivity contribution in [3.63, 3.8) is 0 Å². The molecule has 9 heteroatoms. The average Bonchev–Trinajstić information content (AvgIpc) is 2.72. The number of amides is 1. The van der Waals surface area contributed by atoms with Gasteiger partial charge in [0.15, 0.2) is 0 Å². The molecular weight excluding hydrogens is 405 g/mol. The van der Waals surface area contributed by atoms with E-state index in [9.17, 15) is 26.4 Å². The van der Waals surface area contributed by atoms with E-state index in [2.05, 4.69) is 5.32 Å². The smallest absolute Gasteiger partial charge is 0.348 e. The van der Waals surface area contributed by atoms with Crippen LogP contribution < -0.4 is 5.32 Å². The van der Waals surface area contributed by atoms with Gasteiger partial charge in [0.05, 0.1) is 10.5 Å². The van der Waals surface area contributed by atoms with Gasteiger partial charge in [0, 0.05) is 25.2 Å². The summed E-state index contributed by atoms with van der Waals surface area (Å²) < 4.78 is 65.3. The molecule has 1 amide bonds. The molecule has 2 aromatic carbocycles. The number of benzene rings is 2. The minimum absolute atomic E-state index is 0.0334. The summed E-state index contributed by atoms with van der Waals surface area (Å²) in [4.78, 5) is 12.4. The minimum Gasteiger partial charge on any atom is -0.348 e. The SMILES string of the molecule is O=C(NCc1cccc(C(F)(F)F)c1)c1cccc(S(=O)(=O)N2CCCCC2)c1. The lowest BCUT2D eigenvalue weighted by Crippen LogP contribution is -2.35. The Kier molecular flexibility index (Phi) is 6.28. The van der Waals surface area contributed by atoms with Gasteiger partial charge in [-0.05, 0) is 48.7 Å². The molecule has 1 aliphatic heterocycles. The number of piperidine rings is 1. The Labute approximate surface area is 167 Å². The number of halogens is 3. The van der Waals surface area contributed by atoms with Crippen LogP contribution in [0.2, 0.25) is 0 Å². The largest absolute Gasteiger partial charge is 0.416 e. The highest BCUT2D eigenvalue weighted by molar-refractivity contribution is 7.89. The molecule has 3 rings (SSSR count). The monoisotopic (exact) mass is 426 g/mol. The van der Waals surface area contributed by atoms with E-state index in [4.69, 9.17) is 0 Å². The molecule has 156 valence electrons. The van der Waals surface area contributed by atoms with Crippen molar-refractivity contribution < 1.29 is 26.4 Å². The molecular formula is C20H21F3N2O3S. The lowest BCUT2D eigenvalue weighted by Gasteiger charge is -2.26. The van der Waals surface area contributed by atoms with Crippen LogP contribution in [0.25, 0.3) is 0 Å². The molecule has 2 aromatic rings. The zero-order valence-electron chi connectivity index (χ0n) is 15.6. The van der Waals surface area contributed by atoms with Gasteiger partial charge >= 0.3 is 6.18 Å². The van der Waals surface area contributed by atoms with Crippen molar-refractivity contribution in [1.29, 1.82) is 0 Å². The first-order valence-corrected chi connectivity index (χ1v) is 10.7. The summed E-state index contributed by atoms with van der Waals surface area (Å²) in [6.45, 7) is 0.800. The average molecular weight is 426 g/mol. The van der Waals surface area contributed by atoms with Crippen LogP contribution in [0.15, 0.2) is 53.4 Å². The van der Waals surface area contributed by atoms with Crippen LogP contribution in [-0.2, 0) is 22.7 Å². The van der Waals surface area contributed by atoms with Crippen molar-refractivity contribution >= 4 is 15.9 Å². The number of hydrogen-bond donors (Lipinski definition) is 1. The molecule has 0 spiro atoms. The standard InChI is InChI=1S/C20H21F3N2O3S/c21-20(22,23)17-8-4-6-15(12-17)14-24-19(26)16-7-5-9-18(13-16)29(27,28)25-10-2-1-3-11-25/h4-9,12-13H,1-3,10-11,14H2,(H,24,26). The highest BCUT2D eigenvalue weighted by Crippen LogP contribution is 2.29. The van der Waals surface area contributed by atoms with Crippen LogP contribution in [0.4, 0.5) is 13.2 Å². The first-order chi connectivity index (χ1) is 13.7. The zero-order chi connectivity index (χ0) is 21.1. The van der Waals surface area contributed by atoms with E-state index < -0.39 is 27.7 Å². The maximum Gasteiger partial charge on any atom is 0.416 e. The number of carbonyl (C=O) groups excluding carboxylic acids is 1. The van der Waals surface area contributed by atoms with Crippen LogP contribution in [0, 0.1) is 0 Å². The van der Waals surface area contributed by atoms with Crippen molar-refractivity contribution in [3.05, 3.63) is 65.2 Å². The van der Waals surface area contributed by atoms with Gasteiger partial charge in [-0.2, -0.15) is 17.5 Å². The number of nitrogens with zero attached hydrogens (tertiary/aromatic N) is 1. The van der Waals surface area contributed by atoms with E-state index in [-0.39, 0.29) is 17.0 Å². The Hall–Kier alpha value is -2.39. The minimum atomic E-state index is -4.46. The summed E-state index contributed by atoms with van der Waals surface area (Å²) in [5.74, 6) is -0.557. The topological polar surface area (TPSA) is 66.5 Å². The van der Waals surface area contributed by atoms with Gasteiger partial charge in [-0.15, -0.1) is 0 Å². The Bertz CT molecular complexity index is 984. The number of rotatable bonds is 5. The number of hydrogen-bond acceptors (Lipinski definition) is 3.